The lowest BCUT2D eigenvalue weighted by Crippen LogP contribution is -2.55. The summed E-state index contributed by atoms with van der Waals surface area (Å²) in [6, 6.07) is 4.41. The van der Waals surface area contributed by atoms with Crippen molar-refractivity contribution in [3.63, 3.8) is 0 Å². The van der Waals surface area contributed by atoms with Gasteiger partial charge in [-0.15, -0.1) is 0 Å². The van der Waals surface area contributed by atoms with Crippen molar-refractivity contribution >= 4 is 15.9 Å². The third-order valence-corrected chi connectivity index (χ3v) is 4.42. The highest BCUT2D eigenvalue weighted by molar-refractivity contribution is 9.10. The smallest absolute Gasteiger partial charge is 0.123 e. The van der Waals surface area contributed by atoms with Crippen molar-refractivity contribution in [2.75, 3.05) is 27.4 Å². The van der Waals surface area contributed by atoms with E-state index in [0.29, 0.717) is 19.8 Å². The molecule has 1 aromatic carbocycles. The van der Waals surface area contributed by atoms with Crippen LogP contribution in [0, 0.1) is 5.82 Å². The van der Waals surface area contributed by atoms with Crippen LogP contribution in [0.5, 0.6) is 0 Å². The standard InChI is InChI=1S/C14H19BrFNO3/c1-17(6-9-5-10(16)3-4-11(9)15)12-7-20-8-13(19-2)14(12)18/h3-5,12-14,18H,6-8H2,1-2H3/t12-,13-,14+/m1/s1. The molecule has 1 saturated heterocycles. The van der Waals surface area contributed by atoms with Gasteiger partial charge in [-0.2, -0.15) is 0 Å². The molecule has 112 valence electrons. The van der Waals surface area contributed by atoms with E-state index in [-0.39, 0.29) is 18.0 Å². The van der Waals surface area contributed by atoms with Gasteiger partial charge < -0.3 is 14.6 Å². The maximum Gasteiger partial charge on any atom is 0.123 e. The summed E-state index contributed by atoms with van der Waals surface area (Å²) in [6.07, 6.45) is -0.946. The summed E-state index contributed by atoms with van der Waals surface area (Å²) in [6.45, 7) is 1.34. The quantitative estimate of drug-likeness (QED) is 0.901. The van der Waals surface area contributed by atoms with Gasteiger partial charge in [0.25, 0.3) is 0 Å². The fraction of sp³-hybridized carbons (Fsp3) is 0.571. The fourth-order valence-electron chi connectivity index (χ4n) is 2.40. The Morgan fingerprint density at radius 1 is 1.50 bits per heavy atom. The predicted octanol–water partition coefficient (Wildman–Crippen LogP) is 1.79. The second kappa shape index (κ2) is 6.95. The van der Waals surface area contributed by atoms with Crippen molar-refractivity contribution in [2.45, 2.75) is 24.8 Å². The molecular weight excluding hydrogens is 329 g/mol. The van der Waals surface area contributed by atoms with E-state index in [1.807, 2.05) is 11.9 Å². The summed E-state index contributed by atoms with van der Waals surface area (Å²) in [5, 5.41) is 10.3. The van der Waals surface area contributed by atoms with Gasteiger partial charge in [0.15, 0.2) is 0 Å². The van der Waals surface area contributed by atoms with Crippen molar-refractivity contribution in [3.05, 3.63) is 34.1 Å². The van der Waals surface area contributed by atoms with Gasteiger partial charge in [0.1, 0.15) is 18.0 Å². The first-order chi connectivity index (χ1) is 9.52. The number of hydrogen-bond acceptors (Lipinski definition) is 4. The van der Waals surface area contributed by atoms with Gasteiger partial charge in [0, 0.05) is 18.1 Å². The minimum Gasteiger partial charge on any atom is -0.389 e. The van der Waals surface area contributed by atoms with Crippen LogP contribution in [-0.4, -0.2) is 55.6 Å². The summed E-state index contributed by atoms with van der Waals surface area (Å²) in [7, 11) is 3.44. The van der Waals surface area contributed by atoms with Crippen LogP contribution in [0.15, 0.2) is 22.7 Å². The van der Waals surface area contributed by atoms with Crippen LogP contribution >= 0.6 is 15.9 Å². The summed E-state index contributed by atoms with van der Waals surface area (Å²) < 4.78 is 24.8. The molecule has 0 radical (unpaired) electrons. The van der Waals surface area contributed by atoms with Crippen LogP contribution in [-0.2, 0) is 16.0 Å². The number of aliphatic hydroxyl groups excluding tert-OH is 1. The molecule has 0 unspecified atom stereocenters. The molecule has 20 heavy (non-hydrogen) atoms. The molecule has 1 fully saturated rings. The normalized spacial score (nSPS) is 27.0. The van der Waals surface area contributed by atoms with Crippen molar-refractivity contribution in [1.29, 1.82) is 0 Å². The lowest BCUT2D eigenvalue weighted by molar-refractivity contribution is -0.142. The zero-order valence-electron chi connectivity index (χ0n) is 11.6. The Bertz CT molecular complexity index is 460. The lowest BCUT2D eigenvalue weighted by Gasteiger charge is -2.39. The lowest BCUT2D eigenvalue weighted by atomic mass is 10.0. The number of halogens is 2. The summed E-state index contributed by atoms with van der Waals surface area (Å²) in [5.41, 5.74) is 0.833. The van der Waals surface area contributed by atoms with Crippen LogP contribution in [0.3, 0.4) is 0 Å². The number of ether oxygens (including phenoxy) is 2. The topological polar surface area (TPSA) is 41.9 Å². The SMILES string of the molecule is CO[C@@H]1COC[C@@H](N(C)Cc2cc(F)ccc2Br)[C@@H]1O. The Morgan fingerprint density at radius 2 is 2.25 bits per heavy atom. The molecule has 0 aliphatic carbocycles. The number of methoxy groups -OCH3 is 1. The number of aliphatic hydroxyl groups is 1. The fourth-order valence-corrected chi connectivity index (χ4v) is 2.77. The molecule has 0 spiro atoms. The average molecular weight is 348 g/mol. The first-order valence-electron chi connectivity index (χ1n) is 6.45. The van der Waals surface area contributed by atoms with E-state index >= 15 is 0 Å². The van der Waals surface area contributed by atoms with Crippen molar-refractivity contribution in [3.8, 4) is 0 Å². The molecular formula is C14H19BrFNO3. The van der Waals surface area contributed by atoms with E-state index < -0.39 is 6.10 Å². The van der Waals surface area contributed by atoms with Gasteiger partial charge in [-0.05, 0) is 30.8 Å². The maximum absolute atomic E-state index is 13.3. The number of rotatable bonds is 4. The highest BCUT2D eigenvalue weighted by Crippen LogP contribution is 2.22. The first-order valence-corrected chi connectivity index (χ1v) is 7.25. The van der Waals surface area contributed by atoms with Gasteiger partial charge in [-0.25, -0.2) is 4.39 Å². The van der Waals surface area contributed by atoms with E-state index in [9.17, 15) is 9.50 Å². The number of nitrogens with zero attached hydrogens (tertiary/aromatic N) is 1. The first kappa shape index (κ1) is 15.9. The number of benzene rings is 1. The van der Waals surface area contributed by atoms with E-state index in [0.717, 1.165) is 10.0 Å². The molecule has 1 N–H and O–H groups in total. The molecule has 1 aliphatic rings. The number of likely N-dealkylation sites (N-methyl/N-ethyl adjacent to an activating group) is 1. The van der Waals surface area contributed by atoms with Crippen LogP contribution in [0.4, 0.5) is 4.39 Å². The average Bonchev–Trinajstić information content (AvgIpc) is 2.43. The molecule has 0 saturated carbocycles. The highest BCUT2D eigenvalue weighted by atomic mass is 79.9. The Balaban J connectivity index is 2.07. The number of hydrogen-bond donors (Lipinski definition) is 1. The molecule has 1 heterocycles. The van der Waals surface area contributed by atoms with E-state index in [1.165, 1.54) is 12.1 Å². The van der Waals surface area contributed by atoms with E-state index in [2.05, 4.69) is 15.9 Å². The highest BCUT2D eigenvalue weighted by Gasteiger charge is 2.35. The van der Waals surface area contributed by atoms with Crippen LogP contribution in [0.25, 0.3) is 0 Å². The Morgan fingerprint density at radius 3 is 2.95 bits per heavy atom. The van der Waals surface area contributed by atoms with E-state index in [1.54, 1.807) is 13.2 Å². The molecule has 0 aromatic heterocycles. The van der Waals surface area contributed by atoms with Gasteiger partial charge in [0.2, 0.25) is 0 Å². The molecule has 0 amide bonds. The van der Waals surface area contributed by atoms with Crippen molar-refractivity contribution in [2.24, 2.45) is 0 Å². The molecule has 6 heteroatoms. The van der Waals surface area contributed by atoms with Crippen molar-refractivity contribution in [1.82, 2.24) is 4.90 Å². The predicted molar refractivity (Wildman–Crippen MR) is 77.0 cm³/mol. The second-order valence-corrected chi connectivity index (χ2v) is 5.87. The van der Waals surface area contributed by atoms with Crippen LogP contribution < -0.4 is 0 Å². The van der Waals surface area contributed by atoms with E-state index in [4.69, 9.17) is 9.47 Å². The molecule has 1 aromatic rings. The van der Waals surface area contributed by atoms with Gasteiger partial charge in [0.05, 0.1) is 19.3 Å². The van der Waals surface area contributed by atoms with Gasteiger partial charge in [-0.1, -0.05) is 15.9 Å². The molecule has 2 rings (SSSR count). The maximum atomic E-state index is 13.3. The Labute approximate surface area is 126 Å². The third-order valence-electron chi connectivity index (χ3n) is 3.64. The van der Waals surface area contributed by atoms with Gasteiger partial charge in [-0.3, -0.25) is 4.90 Å². The largest absolute Gasteiger partial charge is 0.389 e. The summed E-state index contributed by atoms with van der Waals surface area (Å²) in [4.78, 5) is 1.95. The molecule has 1 aliphatic heterocycles. The Hall–Kier alpha value is -0.530. The summed E-state index contributed by atoms with van der Waals surface area (Å²) >= 11 is 3.41. The monoisotopic (exact) mass is 347 g/mol. The minimum absolute atomic E-state index is 0.177. The molecule has 3 atom stereocenters. The molecule has 4 nitrogen and oxygen atoms in total. The zero-order chi connectivity index (χ0) is 14.7. The zero-order valence-corrected chi connectivity index (χ0v) is 13.1. The van der Waals surface area contributed by atoms with Gasteiger partial charge >= 0.3 is 0 Å². The van der Waals surface area contributed by atoms with Crippen LogP contribution in [0.2, 0.25) is 0 Å². The summed E-state index contributed by atoms with van der Waals surface area (Å²) in [5.74, 6) is -0.271. The van der Waals surface area contributed by atoms with Crippen LogP contribution in [0.1, 0.15) is 5.56 Å². The third kappa shape index (κ3) is 3.56. The molecule has 0 bridgehead atoms. The van der Waals surface area contributed by atoms with Crippen molar-refractivity contribution < 1.29 is 19.0 Å². The Kier molecular flexibility index (Phi) is 5.51. The second-order valence-electron chi connectivity index (χ2n) is 5.02. The minimum atomic E-state index is -0.619.